The number of halogens is 2. The Morgan fingerprint density at radius 1 is 0.463 bits per heavy atom. The molecule has 2 N–H and O–H groups in total. The number of fused-ring (bicyclic) bond motifs is 2. The quantitative estimate of drug-likeness (QED) is 0.162. The fraction of sp³-hybridized carbons (Fsp3) is 0.435. The fourth-order valence-corrected chi connectivity index (χ4v) is 10.3. The molecule has 0 bridgehead atoms. The highest BCUT2D eigenvalue weighted by Gasteiger charge is 2.36. The molecule has 4 fully saturated rings. The van der Waals surface area contributed by atoms with Crippen LogP contribution < -0.4 is 0 Å². The first kappa shape index (κ1) is 36.0. The van der Waals surface area contributed by atoms with Crippen molar-refractivity contribution in [3.05, 3.63) is 142 Å². The summed E-state index contributed by atoms with van der Waals surface area (Å²) in [5.74, 6) is 2.84. The maximum absolute atomic E-state index is 11.4. The van der Waals surface area contributed by atoms with E-state index in [4.69, 9.17) is 23.2 Å². The molecule has 4 aliphatic carbocycles. The Bertz CT molecular complexity index is 2070. The predicted molar refractivity (Wildman–Crippen MR) is 217 cm³/mol. The molecule has 4 aromatic heterocycles. The SMILES string of the molecule is O[C@@H](c1c(C2CC2)ccc2cncn12)C1CCC(c2ccccc2Cl)CC1.O[C@H](c1c(C2CC2)ccc2cncn12)C1CCC(c2ccccc2Cl)CC1. The molecule has 54 heavy (non-hydrogen) atoms. The number of hydrogen-bond donors (Lipinski definition) is 2. The lowest BCUT2D eigenvalue weighted by Crippen LogP contribution is -2.22. The molecule has 0 spiro atoms. The Morgan fingerprint density at radius 3 is 1.19 bits per heavy atom. The third kappa shape index (κ3) is 7.23. The number of rotatable bonds is 8. The molecule has 10 rings (SSSR count). The lowest BCUT2D eigenvalue weighted by molar-refractivity contribution is 0.0753. The smallest absolute Gasteiger partial charge is 0.0995 e. The van der Waals surface area contributed by atoms with Crippen molar-refractivity contribution >= 4 is 34.2 Å². The van der Waals surface area contributed by atoms with Gasteiger partial charge in [-0.25, -0.2) is 9.97 Å². The molecule has 2 aromatic carbocycles. The number of pyridine rings is 2. The molecule has 0 unspecified atom stereocenters. The second kappa shape index (κ2) is 15.5. The third-order valence-corrected chi connectivity index (χ3v) is 13.7. The van der Waals surface area contributed by atoms with Crippen LogP contribution in [-0.2, 0) is 0 Å². The van der Waals surface area contributed by atoms with Crippen LogP contribution in [0.3, 0.4) is 0 Å². The molecule has 280 valence electrons. The van der Waals surface area contributed by atoms with Gasteiger partial charge in [-0.1, -0.05) is 71.7 Å². The van der Waals surface area contributed by atoms with Gasteiger partial charge in [0.2, 0.25) is 0 Å². The number of nitrogens with zero attached hydrogens (tertiary/aromatic N) is 4. The molecule has 0 aliphatic heterocycles. The highest BCUT2D eigenvalue weighted by molar-refractivity contribution is 6.31. The molecule has 0 saturated heterocycles. The van der Waals surface area contributed by atoms with Gasteiger partial charge in [0.1, 0.15) is 0 Å². The Balaban J connectivity index is 0.000000142. The molecule has 4 saturated carbocycles. The van der Waals surface area contributed by atoms with E-state index in [0.717, 1.165) is 83.8 Å². The monoisotopic (exact) mass is 760 g/mol. The number of aromatic nitrogens is 4. The Morgan fingerprint density at radius 2 is 0.815 bits per heavy atom. The van der Waals surface area contributed by atoms with Gasteiger partial charge in [0.15, 0.2) is 0 Å². The molecule has 6 nitrogen and oxygen atoms in total. The largest absolute Gasteiger partial charge is 0.387 e. The van der Waals surface area contributed by atoms with Crippen molar-refractivity contribution in [2.45, 2.75) is 113 Å². The van der Waals surface area contributed by atoms with E-state index in [2.05, 4.69) is 67.3 Å². The first-order chi connectivity index (χ1) is 26.4. The Kier molecular flexibility index (Phi) is 10.3. The second-order valence-electron chi connectivity index (χ2n) is 16.4. The summed E-state index contributed by atoms with van der Waals surface area (Å²) in [6.45, 7) is 0. The zero-order valence-electron chi connectivity index (χ0n) is 30.8. The van der Waals surface area contributed by atoms with Crippen LogP contribution in [0.25, 0.3) is 11.0 Å². The lowest BCUT2D eigenvalue weighted by Gasteiger charge is -2.33. The number of aliphatic hydroxyl groups is 2. The van der Waals surface area contributed by atoms with E-state index in [1.165, 1.54) is 47.9 Å². The van der Waals surface area contributed by atoms with Crippen molar-refractivity contribution in [2.24, 2.45) is 11.8 Å². The molecule has 8 heteroatoms. The van der Waals surface area contributed by atoms with Gasteiger partial charge in [-0.05, 0) is 159 Å². The van der Waals surface area contributed by atoms with Crippen LogP contribution in [0.5, 0.6) is 0 Å². The first-order valence-electron chi connectivity index (χ1n) is 20.2. The van der Waals surface area contributed by atoms with Crippen LogP contribution in [0.2, 0.25) is 10.0 Å². The van der Waals surface area contributed by atoms with Crippen LogP contribution in [0.15, 0.2) is 97.8 Å². The zero-order valence-corrected chi connectivity index (χ0v) is 32.3. The fourth-order valence-electron chi connectivity index (χ4n) is 9.72. The Labute approximate surface area is 328 Å². The highest BCUT2D eigenvalue weighted by Crippen LogP contribution is 2.49. The average Bonchev–Trinajstić information content (AvgIpc) is 4.14. The molecule has 2 atom stereocenters. The molecular formula is C46H50Cl2N4O2. The summed E-state index contributed by atoms with van der Waals surface area (Å²) < 4.78 is 4.22. The predicted octanol–water partition coefficient (Wildman–Crippen LogP) is 11.7. The third-order valence-electron chi connectivity index (χ3n) is 13.0. The summed E-state index contributed by atoms with van der Waals surface area (Å²) in [7, 11) is 0. The van der Waals surface area contributed by atoms with E-state index in [-0.39, 0.29) is 0 Å². The van der Waals surface area contributed by atoms with E-state index < -0.39 is 12.2 Å². The molecular weight excluding hydrogens is 711 g/mol. The topological polar surface area (TPSA) is 75.1 Å². The van der Waals surface area contributed by atoms with Gasteiger partial charge in [-0.15, -0.1) is 0 Å². The van der Waals surface area contributed by atoms with Crippen molar-refractivity contribution in [1.29, 1.82) is 0 Å². The normalized spacial score (nSPS) is 24.2. The van der Waals surface area contributed by atoms with Crippen LogP contribution >= 0.6 is 23.2 Å². The van der Waals surface area contributed by atoms with Crippen LogP contribution in [0, 0.1) is 11.8 Å². The summed E-state index contributed by atoms with van der Waals surface area (Å²) in [5.41, 5.74) is 9.46. The van der Waals surface area contributed by atoms with Crippen molar-refractivity contribution in [1.82, 2.24) is 18.8 Å². The van der Waals surface area contributed by atoms with Gasteiger partial charge in [-0.2, -0.15) is 0 Å². The summed E-state index contributed by atoms with van der Waals surface area (Å²) in [5, 5.41) is 24.5. The summed E-state index contributed by atoms with van der Waals surface area (Å²) >= 11 is 12.8. The van der Waals surface area contributed by atoms with Gasteiger partial charge in [0, 0.05) is 10.0 Å². The maximum Gasteiger partial charge on any atom is 0.0995 e. The van der Waals surface area contributed by atoms with Crippen LogP contribution in [0.4, 0.5) is 0 Å². The minimum atomic E-state index is -0.425. The van der Waals surface area contributed by atoms with E-state index >= 15 is 0 Å². The van der Waals surface area contributed by atoms with Gasteiger partial charge in [0.25, 0.3) is 0 Å². The number of imidazole rings is 2. The average molecular weight is 762 g/mol. The molecule has 4 heterocycles. The van der Waals surface area contributed by atoms with Crippen molar-refractivity contribution in [3.8, 4) is 0 Å². The molecule has 6 aromatic rings. The van der Waals surface area contributed by atoms with Gasteiger partial charge in [-0.3, -0.25) is 0 Å². The highest BCUT2D eigenvalue weighted by atomic mass is 35.5. The van der Waals surface area contributed by atoms with Crippen LogP contribution in [-0.4, -0.2) is 29.0 Å². The van der Waals surface area contributed by atoms with Gasteiger partial charge >= 0.3 is 0 Å². The first-order valence-corrected chi connectivity index (χ1v) is 20.9. The molecule has 0 radical (unpaired) electrons. The van der Waals surface area contributed by atoms with Crippen molar-refractivity contribution in [3.63, 3.8) is 0 Å². The second-order valence-corrected chi connectivity index (χ2v) is 17.2. The van der Waals surface area contributed by atoms with Crippen molar-refractivity contribution in [2.75, 3.05) is 0 Å². The maximum atomic E-state index is 11.4. The zero-order chi connectivity index (χ0) is 36.8. The number of benzene rings is 2. The minimum Gasteiger partial charge on any atom is -0.387 e. The molecule has 4 aliphatic rings. The van der Waals surface area contributed by atoms with E-state index in [0.29, 0.717) is 35.5 Å². The van der Waals surface area contributed by atoms with Gasteiger partial charge in [0.05, 0.1) is 59.7 Å². The summed E-state index contributed by atoms with van der Waals surface area (Å²) in [6.07, 6.45) is 20.0. The van der Waals surface area contributed by atoms with E-state index in [1.54, 1.807) is 0 Å². The van der Waals surface area contributed by atoms with E-state index in [9.17, 15) is 10.2 Å². The number of hydrogen-bond acceptors (Lipinski definition) is 4. The summed E-state index contributed by atoms with van der Waals surface area (Å²) in [6, 6.07) is 25.1. The van der Waals surface area contributed by atoms with Crippen LogP contribution in [0.1, 0.15) is 147 Å². The van der Waals surface area contributed by atoms with Gasteiger partial charge < -0.3 is 19.0 Å². The Hall–Kier alpha value is -3.68. The lowest BCUT2D eigenvalue weighted by atomic mass is 9.75. The molecule has 0 amide bonds. The van der Waals surface area contributed by atoms with Crippen molar-refractivity contribution < 1.29 is 10.2 Å². The van der Waals surface area contributed by atoms with E-state index in [1.807, 2.05) is 49.3 Å². The minimum absolute atomic E-state index is 0.300. The number of aliphatic hydroxyl groups excluding tert-OH is 2. The summed E-state index contributed by atoms with van der Waals surface area (Å²) in [4.78, 5) is 8.62. The standard InChI is InChI=1S/2C23H25ClN2O/c2*24-21-4-2-1-3-19(21)15-7-9-17(10-8-15)23(27)22-20(16-5-6-16)12-11-18-13-25-14-26(18)22/h2*1-4,11-17,23,27H,5-10H2/t2*15?,17?,23-/m10/s1.